The summed E-state index contributed by atoms with van der Waals surface area (Å²) < 4.78 is 33.1. The van der Waals surface area contributed by atoms with Crippen LogP contribution in [0.3, 0.4) is 0 Å². The molecule has 0 N–H and O–H groups in total. The van der Waals surface area contributed by atoms with E-state index in [4.69, 9.17) is 16.3 Å². The SMILES string of the molecule is CCOC(=O)c1cc2nc(-c3cccs3)cc(C(F)(F)Cl)n2n1. The average molecular weight is 358 g/mol. The quantitative estimate of drug-likeness (QED) is 0.524. The molecule has 120 valence electrons. The van der Waals surface area contributed by atoms with Gasteiger partial charge in [0.15, 0.2) is 11.3 Å². The molecule has 0 aliphatic rings. The molecule has 0 atom stereocenters. The first-order valence-electron chi connectivity index (χ1n) is 6.59. The highest BCUT2D eigenvalue weighted by Gasteiger charge is 2.33. The maximum Gasteiger partial charge on any atom is 0.364 e. The van der Waals surface area contributed by atoms with Crippen molar-refractivity contribution in [2.75, 3.05) is 6.61 Å². The van der Waals surface area contributed by atoms with E-state index >= 15 is 0 Å². The highest BCUT2D eigenvalue weighted by molar-refractivity contribution is 7.13. The number of fused-ring (bicyclic) bond motifs is 1. The third-order valence-electron chi connectivity index (χ3n) is 2.98. The van der Waals surface area contributed by atoms with Gasteiger partial charge in [-0.2, -0.15) is 13.9 Å². The lowest BCUT2D eigenvalue weighted by Gasteiger charge is -2.11. The highest BCUT2D eigenvalue weighted by atomic mass is 35.5. The van der Waals surface area contributed by atoms with Crippen LogP contribution in [0.5, 0.6) is 0 Å². The second kappa shape index (κ2) is 5.86. The normalized spacial score (nSPS) is 11.8. The molecule has 3 aromatic heterocycles. The second-order valence-corrected chi connectivity index (χ2v) is 5.94. The largest absolute Gasteiger partial charge is 0.461 e. The van der Waals surface area contributed by atoms with Crippen molar-refractivity contribution in [2.24, 2.45) is 0 Å². The highest BCUT2D eigenvalue weighted by Crippen LogP contribution is 2.35. The number of halogens is 3. The summed E-state index contributed by atoms with van der Waals surface area (Å²) in [7, 11) is 0. The van der Waals surface area contributed by atoms with Gasteiger partial charge in [0.25, 0.3) is 0 Å². The van der Waals surface area contributed by atoms with Crippen LogP contribution in [-0.2, 0) is 10.1 Å². The molecule has 0 bridgehead atoms. The number of nitrogens with zero attached hydrogens (tertiary/aromatic N) is 3. The van der Waals surface area contributed by atoms with Crippen LogP contribution >= 0.6 is 22.9 Å². The van der Waals surface area contributed by atoms with Gasteiger partial charge >= 0.3 is 11.4 Å². The molecule has 3 aromatic rings. The van der Waals surface area contributed by atoms with Crippen LogP contribution in [0.1, 0.15) is 23.1 Å². The van der Waals surface area contributed by atoms with Crippen molar-refractivity contribution in [2.45, 2.75) is 12.3 Å². The molecule has 0 aromatic carbocycles. The van der Waals surface area contributed by atoms with Crippen LogP contribution in [0.25, 0.3) is 16.2 Å². The van der Waals surface area contributed by atoms with Gasteiger partial charge in [-0.1, -0.05) is 6.07 Å². The Kier molecular flexibility index (Phi) is 4.03. The van der Waals surface area contributed by atoms with Crippen molar-refractivity contribution in [3.05, 3.63) is 41.0 Å². The Labute approximate surface area is 138 Å². The number of carbonyl (C=O) groups is 1. The van der Waals surface area contributed by atoms with E-state index in [9.17, 15) is 13.6 Å². The summed E-state index contributed by atoms with van der Waals surface area (Å²) in [4.78, 5) is 16.7. The van der Waals surface area contributed by atoms with E-state index in [0.717, 1.165) is 10.6 Å². The molecule has 3 rings (SSSR count). The van der Waals surface area contributed by atoms with Gasteiger partial charge in [0.2, 0.25) is 0 Å². The fourth-order valence-electron chi connectivity index (χ4n) is 2.03. The molecular formula is C14H10ClF2N3O2S. The maximum absolute atomic E-state index is 13.7. The fraction of sp³-hybridized carbons (Fsp3) is 0.214. The van der Waals surface area contributed by atoms with Crippen LogP contribution in [0.15, 0.2) is 29.6 Å². The zero-order valence-corrected chi connectivity index (χ0v) is 13.4. The smallest absolute Gasteiger partial charge is 0.364 e. The number of carbonyl (C=O) groups excluding carboxylic acids is 1. The van der Waals surface area contributed by atoms with Gasteiger partial charge in [0.1, 0.15) is 5.69 Å². The van der Waals surface area contributed by atoms with Gasteiger partial charge in [-0.3, -0.25) is 0 Å². The Hall–Kier alpha value is -2.06. The van der Waals surface area contributed by atoms with E-state index in [1.165, 1.54) is 17.4 Å². The first kappa shape index (κ1) is 15.8. The Morgan fingerprint density at radius 2 is 2.26 bits per heavy atom. The van der Waals surface area contributed by atoms with E-state index in [0.29, 0.717) is 10.6 Å². The molecule has 0 spiro atoms. The zero-order valence-electron chi connectivity index (χ0n) is 11.8. The Bertz CT molecular complexity index is 859. The van der Waals surface area contributed by atoms with Gasteiger partial charge in [-0.25, -0.2) is 14.3 Å². The number of alkyl halides is 3. The van der Waals surface area contributed by atoms with E-state index in [1.807, 2.05) is 0 Å². The molecule has 0 aliphatic heterocycles. The van der Waals surface area contributed by atoms with E-state index in [1.54, 1.807) is 24.4 Å². The molecule has 3 heterocycles. The molecule has 9 heteroatoms. The molecular weight excluding hydrogens is 348 g/mol. The molecule has 0 amide bonds. The van der Waals surface area contributed by atoms with Crippen molar-refractivity contribution >= 4 is 34.6 Å². The van der Waals surface area contributed by atoms with Gasteiger partial charge < -0.3 is 4.74 Å². The van der Waals surface area contributed by atoms with Gasteiger partial charge in [-0.05, 0) is 36.0 Å². The van der Waals surface area contributed by atoms with Crippen molar-refractivity contribution in [1.29, 1.82) is 0 Å². The number of aromatic nitrogens is 3. The molecule has 0 radical (unpaired) electrons. The third kappa shape index (κ3) is 3.04. The number of hydrogen-bond acceptors (Lipinski definition) is 5. The second-order valence-electron chi connectivity index (χ2n) is 4.52. The summed E-state index contributed by atoms with van der Waals surface area (Å²) in [6, 6.07) is 5.99. The van der Waals surface area contributed by atoms with Crippen molar-refractivity contribution in [3.8, 4) is 10.6 Å². The topological polar surface area (TPSA) is 56.5 Å². The predicted octanol–water partition coefficient (Wildman–Crippen LogP) is 3.92. The Morgan fingerprint density at radius 1 is 1.48 bits per heavy atom. The van der Waals surface area contributed by atoms with Crippen LogP contribution in [0.2, 0.25) is 0 Å². The van der Waals surface area contributed by atoms with Crippen molar-refractivity contribution in [3.63, 3.8) is 0 Å². The van der Waals surface area contributed by atoms with E-state index < -0.39 is 17.0 Å². The number of hydrogen-bond donors (Lipinski definition) is 0. The zero-order chi connectivity index (χ0) is 16.6. The summed E-state index contributed by atoms with van der Waals surface area (Å²) in [5.74, 6) is -0.709. The third-order valence-corrected chi connectivity index (χ3v) is 4.06. The van der Waals surface area contributed by atoms with Crippen LogP contribution in [-0.4, -0.2) is 27.2 Å². The average Bonchev–Trinajstić information content (AvgIpc) is 3.14. The first-order valence-corrected chi connectivity index (χ1v) is 7.85. The molecule has 0 saturated heterocycles. The molecule has 0 saturated carbocycles. The van der Waals surface area contributed by atoms with Crippen LogP contribution in [0.4, 0.5) is 8.78 Å². The van der Waals surface area contributed by atoms with Crippen LogP contribution in [0, 0.1) is 0 Å². The number of rotatable bonds is 4. The molecule has 23 heavy (non-hydrogen) atoms. The fourth-order valence-corrected chi connectivity index (χ4v) is 2.85. The molecule has 0 unspecified atom stereocenters. The van der Waals surface area contributed by atoms with Gasteiger partial charge in [-0.15, -0.1) is 11.3 Å². The number of ether oxygens (including phenoxy) is 1. The van der Waals surface area contributed by atoms with Crippen molar-refractivity contribution in [1.82, 2.24) is 14.6 Å². The molecule has 0 aliphatic carbocycles. The minimum absolute atomic E-state index is 0.0919. The first-order chi connectivity index (χ1) is 10.9. The predicted molar refractivity (Wildman–Crippen MR) is 82.0 cm³/mol. The summed E-state index contributed by atoms with van der Waals surface area (Å²) in [5.41, 5.74) is -0.250. The molecule has 5 nitrogen and oxygen atoms in total. The standard InChI is InChI=1S/C14H10ClF2N3O2S/c1-2-22-13(21)9-7-12-18-8(10-4-3-5-23-10)6-11(14(15,16)17)20(12)19-9/h3-7H,2H2,1H3. The lowest BCUT2D eigenvalue weighted by Crippen LogP contribution is -2.13. The van der Waals surface area contributed by atoms with Gasteiger partial charge in [0, 0.05) is 6.07 Å². The monoisotopic (exact) mass is 357 g/mol. The van der Waals surface area contributed by atoms with Crippen molar-refractivity contribution < 1.29 is 18.3 Å². The number of esters is 1. The lowest BCUT2D eigenvalue weighted by molar-refractivity contribution is 0.0517. The number of thiophene rings is 1. The Balaban J connectivity index is 2.21. The van der Waals surface area contributed by atoms with Crippen LogP contribution < -0.4 is 0 Å². The summed E-state index contributed by atoms with van der Waals surface area (Å²) >= 11 is 6.54. The van der Waals surface area contributed by atoms with E-state index in [-0.39, 0.29) is 17.9 Å². The summed E-state index contributed by atoms with van der Waals surface area (Å²) in [6.45, 7) is 1.79. The Morgan fingerprint density at radius 3 is 2.87 bits per heavy atom. The summed E-state index contributed by atoms with van der Waals surface area (Å²) in [6.07, 6.45) is 0. The summed E-state index contributed by atoms with van der Waals surface area (Å²) in [5, 5.41) is 1.98. The van der Waals surface area contributed by atoms with Gasteiger partial charge in [0.05, 0.1) is 17.2 Å². The minimum atomic E-state index is -3.66. The minimum Gasteiger partial charge on any atom is -0.461 e. The van der Waals surface area contributed by atoms with E-state index in [2.05, 4.69) is 10.1 Å². The molecule has 0 fully saturated rings. The lowest BCUT2D eigenvalue weighted by atomic mass is 10.3. The maximum atomic E-state index is 13.7.